The monoisotopic (exact) mass is 353 g/mol. The molecular weight excluding hydrogens is 338 g/mol. The van der Waals surface area contributed by atoms with Gasteiger partial charge in [-0.2, -0.15) is 5.26 Å². The average Bonchev–Trinajstić information content (AvgIpc) is 2.62. The van der Waals surface area contributed by atoms with Crippen molar-refractivity contribution in [1.29, 1.82) is 5.26 Å². The highest BCUT2D eigenvalue weighted by Crippen LogP contribution is 2.35. The number of hydrogen-bond donors (Lipinski definition) is 1. The molecule has 3 rings (SSSR count). The second-order valence-electron chi connectivity index (χ2n) is 5.23. The predicted molar refractivity (Wildman–Crippen MR) is 102 cm³/mol. The van der Waals surface area contributed by atoms with Gasteiger partial charge in [0.15, 0.2) is 0 Å². The van der Waals surface area contributed by atoms with E-state index in [-0.39, 0.29) is 11.2 Å². The Morgan fingerprint density at radius 3 is 2.79 bits per heavy atom. The largest absolute Gasteiger partial charge is 0.325 e. The molecule has 0 spiro atoms. The van der Waals surface area contributed by atoms with Crippen molar-refractivity contribution in [1.82, 2.24) is 0 Å². The highest BCUT2D eigenvalue weighted by molar-refractivity contribution is 8.39. The van der Waals surface area contributed by atoms with E-state index in [0.717, 1.165) is 15.8 Å². The van der Waals surface area contributed by atoms with Gasteiger partial charge in [-0.25, -0.2) is 4.99 Å². The number of nitriles is 1. The minimum Gasteiger partial charge on any atom is -0.325 e. The molecule has 1 N–H and O–H groups in total. The standard InChI is InChI=1S/C18H15N3OS2/c1-12(17(22)20-15-8-6-13(10-19)7-9-15)24-18-21-16-5-3-2-4-14(16)11-23-18/h2-9,12H,11H2,1H3,(H,20,22)/t12-/m1/s1. The Bertz CT molecular complexity index is 825. The molecule has 0 saturated carbocycles. The van der Waals surface area contributed by atoms with Crippen LogP contribution in [0.1, 0.15) is 18.1 Å². The molecule has 0 aromatic heterocycles. The normalized spacial score (nSPS) is 14.1. The molecule has 1 aliphatic heterocycles. The van der Waals surface area contributed by atoms with E-state index in [2.05, 4.69) is 22.4 Å². The second-order valence-corrected chi connectivity index (χ2v) is 7.79. The summed E-state index contributed by atoms with van der Waals surface area (Å²) in [4.78, 5) is 16.9. The van der Waals surface area contributed by atoms with Gasteiger partial charge in [-0.05, 0) is 42.8 Å². The lowest BCUT2D eigenvalue weighted by Gasteiger charge is -2.17. The maximum Gasteiger partial charge on any atom is 0.237 e. The van der Waals surface area contributed by atoms with Crippen molar-refractivity contribution in [3.8, 4) is 6.07 Å². The number of rotatable bonds is 3. The number of carbonyl (C=O) groups is 1. The van der Waals surface area contributed by atoms with Gasteiger partial charge in [0.25, 0.3) is 0 Å². The molecule has 24 heavy (non-hydrogen) atoms. The Hall–Kier alpha value is -2.23. The Labute approximate surface area is 149 Å². The molecule has 6 heteroatoms. The van der Waals surface area contributed by atoms with Gasteiger partial charge in [0.2, 0.25) is 5.91 Å². The Morgan fingerprint density at radius 1 is 1.29 bits per heavy atom. The number of hydrogen-bond acceptors (Lipinski definition) is 5. The summed E-state index contributed by atoms with van der Waals surface area (Å²) in [5, 5.41) is 11.4. The van der Waals surface area contributed by atoms with Crippen LogP contribution in [0.15, 0.2) is 53.5 Å². The number of fused-ring (bicyclic) bond motifs is 1. The van der Waals surface area contributed by atoms with Gasteiger partial charge in [-0.1, -0.05) is 41.7 Å². The van der Waals surface area contributed by atoms with Crippen LogP contribution < -0.4 is 5.32 Å². The molecule has 0 radical (unpaired) electrons. The summed E-state index contributed by atoms with van der Waals surface area (Å²) in [6.07, 6.45) is 0. The van der Waals surface area contributed by atoms with Crippen LogP contribution in [0, 0.1) is 11.3 Å². The molecule has 0 aliphatic carbocycles. The smallest absolute Gasteiger partial charge is 0.237 e. The van der Waals surface area contributed by atoms with Gasteiger partial charge < -0.3 is 5.32 Å². The third-order valence-electron chi connectivity index (χ3n) is 3.48. The van der Waals surface area contributed by atoms with Crippen molar-refractivity contribution >= 4 is 45.2 Å². The molecule has 1 aliphatic rings. The first kappa shape index (κ1) is 16.6. The SMILES string of the molecule is C[C@@H](SC1=Nc2ccccc2CS1)C(=O)Nc1ccc(C#N)cc1. The number of nitrogens with zero attached hydrogens (tertiary/aromatic N) is 2. The number of amides is 1. The zero-order valence-electron chi connectivity index (χ0n) is 13.0. The van der Waals surface area contributed by atoms with Crippen molar-refractivity contribution in [2.24, 2.45) is 4.99 Å². The van der Waals surface area contributed by atoms with Gasteiger partial charge in [0.05, 0.1) is 22.6 Å². The van der Waals surface area contributed by atoms with Crippen LogP contribution in [-0.4, -0.2) is 15.5 Å². The van der Waals surface area contributed by atoms with E-state index in [0.29, 0.717) is 11.3 Å². The summed E-state index contributed by atoms with van der Waals surface area (Å²) >= 11 is 3.13. The van der Waals surface area contributed by atoms with E-state index in [4.69, 9.17) is 5.26 Å². The molecule has 0 unspecified atom stereocenters. The maximum absolute atomic E-state index is 12.3. The molecule has 4 nitrogen and oxygen atoms in total. The topological polar surface area (TPSA) is 65.2 Å². The van der Waals surface area contributed by atoms with E-state index in [1.165, 1.54) is 17.3 Å². The summed E-state index contributed by atoms with van der Waals surface area (Å²) in [5.41, 5.74) is 3.47. The molecule has 2 aromatic carbocycles. The number of thioether (sulfide) groups is 2. The van der Waals surface area contributed by atoms with Crippen LogP contribution in [0.3, 0.4) is 0 Å². The fourth-order valence-corrected chi connectivity index (χ4v) is 4.34. The molecular formula is C18H15N3OS2. The van der Waals surface area contributed by atoms with Crippen LogP contribution >= 0.6 is 23.5 Å². The maximum atomic E-state index is 12.3. The van der Waals surface area contributed by atoms with Crippen molar-refractivity contribution < 1.29 is 4.79 Å². The first-order valence-corrected chi connectivity index (χ1v) is 9.29. The minimum atomic E-state index is -0.253. The van der Waals surface area contributed by atoms with Crippen LogP contribution in [0.2, 0.25) is 0 Å². The molecule has 1 amide bonds. The zero-order chi connectivity index (χ0) is 16.9. The van der Waals surface area contributed by atoms with Crippen molar-refractivity contribution in [2.75, 3.05) is 5.32 Å². The molecule has 2 aromatic rings. The second kappa shape index (κ2) is 7.56. The van der Waals surface area contributed by atoms with Crippen LogP contribution in [0.4, 0.5) is 11.4 Å². The molecule has 0 bridgehead atoms. The number of aliphatic imine (C=N–C) groups is 1. The zero-order valence-corrected chi connectivity index (χ0v) is 14.7. The Balaban J connectivity index is 1.62. The number of anilines is 1. The van der Waals surface area contributed by atoms with E-state index in [1.807, 2.05) is 25.1 Å². The highest BCUT2D eigenvalue weighted by Gasteiger charge is 2.20. The van der Waals surface area contributed by atoms with Crippen LogP contribution in [0.25, 0.3) is 0 Å². The van der Waals surface area contributed by atoms with E-state index in [9.17, 15) is 4.79 Å². The van der Waals surface area contributed by atoms with E-state index < -0.39 is 0 Å². The molecule has 0 fully saturated rings. The quantitative estimate of drug-likeness (QED) is 0.879. The fourth-order valence-electron chi connectivity index (χ4n) is 2.15. The van der Waals surface area contributed by atoms with Crippen molar-refractivity contribution in [3.05, 3.63) is 59.7 Å². The summed E-state index contributed by atoms with van der Waals surface area (Å²) in [7, 11) is 0. The van der Waals surface area contributed by atoms with Gasteiger partial charge >= 0.3 is 0 Å². The van der Waals surface area contributed by atoms with Gasteiger partial charge in [0, 0.05) is 11.4 Å². The van der Waals surface area contributed by atoms with Gasteiger partial charge in [-0.15, -0.1) is 0 Å². The summed E-state index contributed by atoms with van der Waals surface area (Å²) in [6.45, 7) is 1.87. The summed E-state index contributed by atoms with van der Waals surface area (Å²) in [5.74, 6) is 0.804. The fraction of sp³-hybridized carbons (Fsp3) is 0.167. The number of carbonyl (C=O) groups excluding carboxylic acids is 1. The summed E-state index contributed by atoms with van der Waals surface area (Å²) in [6, 6.07) is 17.0. The molecule has 1 heterocycles. The predicted octanol–water partition coefficient (Wildman–Crippen LogP) is 4.55. The lowest BCUT2D eigenvalue weighted by Crippen LogP contribution is -2.23. The number of nitrogens with one attached hydrogen (secondary N) is 1. The average molecular weight is 353 g/mol. The third kappa shape index (κ3) is 3.99. The van der Waals surface area contributed by atoms with Gasteiger partial charge in [-0.3, -0.25) is 4.79 Å². The van der Waals surface area contributed by atoms with Gasteiger partial charge in [0.1, 0.15) is 4.38 Å². The Kier molecular flexibility index (Phi) is 5.24. The summed E-state index contributed by atoms with van der Waals surface area (Å²) < 4.78 is 0.913. The lowest BCUT2D eigenvalue weighted by atomic mass is 10.2. The van der Waals surface area contributed by atoms with Crippen molar-refractivity contribution in [2.45, 2.75) is 17.9 Å². The molecule has 0 saturated heterocycles. The molecule has 1 atom stereocenters. The van der Waals surface area contributed by atoms with E-state index >= 15 is 0 Å². The third-order valence-corrected chi connectivity index (χ3v) is 5.78. The minimum absolute atomic E-state index is 0.0770. The highest BCUT2D eigenvalue weighted by atomic mass is 32.2. The molecule has 120 valence electrons. The first-order valence-electron chi connectivity index (χ1n) is 7.43. The van der Waals surface area contributed by atoms with E-state index in [1.54, 1.807) is 36.0 Å². The number of para-hydroxylation sites is 1. The Morgan fingerprint density at radius 2 is 2.04 bits per heavy atom. The number of benzene rings is 2. The van der Waals surface area contributed by atoms with Crippen LogP contribution in [0.5, 0.6) is 0 Å². The lowest BCUT2D eigenvalue weighted by molar-refractivity contribution is -0.115. The van der Waals surface area contributed by atoms with Crippen LogP contribution in [-0.2, 0) is 10.5 Å². The first-order chi connectivity index (χ1) is 11.7. The van der Waals surface area contributed by atoms with Crippen molar-refractivity contribution in [3.63, 3.8) is 0 Å².